The second kappa shape index (κ2) is 12.2. The number of rotatable bonds is 9. The van der Waals surface area contributed by atoms with Gasteiger partial charge < -0.3 is 19.7 Å². The lowest BCUT2D eigenvalue weighted by atomic mass is 9.94. The van der Waals surface area contributed by atoms with E-state index in [0.29, 0.717) is 16.3 Å². The van der Waals surface area contributed by atoms with Crippen LogP contribution in [0.4, 0.5) is 0 Å². The second-order valence-corrected chi connectivity index (χ2v) is 10.7. The number of methoxy groups -OCH3 is 2. The first-order chi connectivity index (χ1) is 17.9. The number of aromatic nitrogens is 1. The van der Waals surface area contributed by atoms with E-state index in [1.54, 1.807) is 19.1 Å². The Balaban J connectivity index is 1.76. The van der Waals surface area contributed by atoms with Gasteiger partial charge in [0.1, 0.15) is 22.4 Å². The number of hydrogen-bond acceptors (Lipinski definition) is 6. The fraction of sp³-hybridized carbons (Fsp3) is 0.414. The van der Waals surface area contributed by atoms with Crippen molar-refractivity contribution in [1.82, 2.24) is 15.2 Å². The van der Waals surface area contributed by atoms with Gasteiger partial charge in [-0.15, -0.1) is 11.3 Å². The van der Waals surface area contributed by atoms with Gasteiger partial charge >= 0.3 is 0 Å². The number of benzene rings is 2. The molecule has 2 amide bonds. The summed E-state index contributed by atoms with van der Waals surface area (Å²) in [7, 11) is 3.23. The highest BCUT2D eigenvalue weighted by molar-refractivity contribution is 7.13. The van der Waals surface area contributed by atoms with Gasteiger partial charge in [0.15, 0.2) is 0 Å². The molecule has 1 fully saturated rings. The van der Waals surface area contributed by atoms with Crippen LogP contribution in [0.1, 0.15) is 69.6 Å². The van der Waals surface area contributed by atoms with E-state index < -0.39 is 6.04 Å². The standard InChI is InChI=1S/C29H35N3O4S/c1-19-27(37-20(2)30-19)29(34)32(18-21-10-14-24(35-3)15-11-21)26(22-12-16-25(36-4)17-13-22)28(33)31-23-8-6-5-7-9-23/h10-17,23,26H,5-9,18H2,1-4H3,(H,31,33). The lowest BCUT2D eigenvalue weighted by molar-refractivity contribution is -0.127. The Bertz CT molecular complexity index is 1200. The van der Waals surface area contributed by atoms with Crippen molar-refractivity contribution in [1.29, 1.82) is 0 Å². The van der Waals surface area contributed by atoms with Crippen molar-refractivity contribution in [2.45, 2.75) is 64.6 Å². The Morgan fingerprint density at radius 2 is 1.57 bits per heavy atom. The van der Waals surface area contributed by atoms with Crippen LogP contribution in [0, 0.1) is 13.8 Å². The first kappa shape index (κ1) is 26.7. The van der Waals surface area contributed by atoms with E-state index in [-0.39, 0.29) is 24.4 Å². The quantitative estimate of drug-likeness (QED) is 0.396. The number of carbonyl (C=O) groups excluding carboxylic acids is 2. The summed E-state index contributed by atoms with van der Waals surface area (Å²) < 4.78 is 10.7. The Morgan fingerprint density at radius 1 is 0.973 bits per heavy atom. The number of nitrogens with zero attached hydrogens (tertiary/aromatic N) is 2. The molecule has 4 rings (SSSR count). The third-order valence-electron chi connectivity index (χ3n) is 6.81. The molecule has 1 aliphatic carbocycles. The molecule has 0 radical (unpaired) electrons. The molecule has 2 aromatic carbocycles. The van der Waals surface area contributed by atoms with E-state index in [9.17, 15) is 9.59 Å². The molecule has 0 spiro atoms. The van der Waals surface area contributed by atoms with Crippen molar-refractivity contribution in [3.05, 3.63) is 75.2 Å². The van der Waals surface area contributed by atoms with Crippen LogP contribution in [0.3, 0.4) is 0 Å². The van der Waals surface area contributed by atoms with E-state index >= 15 is 0 Å². The molecule has 1 unspecified atom stereocenters. The van der Waals surface area contributed by atoms with Gasteiger partial charge in [0.05, 0.1) is 24.9 Å². The molecular weight excluding hydrogens is 486 g/mol. The number of carbonyl (C=O) groups is 2. The van der Waals surface area contributed by atoms with E-state index in [4.69, 9.17) is 9.47 Å². The number of ether oxygens (including phenoxy) is 2. The maximum Gasteiger partial charge on any atom is 0.267 e. The lowest BCUT2D eigenvalue weighted by Crippen LogP contribution is -2.46. The SMILES string of the molecule is COc1ccc(CN(C(=O)c2sc(C)nc2C)C(C(=O)NC2CCCCC2)c2ccc(OC)cc2)cc1. The molecule has 196 valence electrons. The molecular formula is C29H35N3O4S. The third kappa shape index (κ3) is 6.49. The van der Waals surface area contributed by atoms with E-state index in [2.05, 4.69) is 10.3 Å². The molecule has 0 bridgehead atoms. The van der Waals surface area contributed by atoms with Crippen molar-refractivity contribution in [3.63, 3.8) is 0 Å². The summed E-state index contributed by atoms with van der Waals surface area (Å²) >= 11 is 1.36. The van der Waals surface area contributed by atoms with Crippen molar-refractivity contribution in [2.24, 2.45) is 0 Å². The number of nitrogens with one attached hydrogen (secondary N) is 1. The Kier molecular flexibility index (Phi) is 8.82. The summed E-state index contributed by atoms with van der Waals surface area (Å²) in [6.45, 7) is 3.99. The van der Waals surface area contributed by atoms with Crippen molar-refractivity contribution < 1.29 is 19.1 Å². The van der Waals surface area contributed by atoms with Crippen molar-refractivity contribution in [3.8, 4) is 11.5 Å². The Hall–Kier alpha value is -3.39. The van der Waals surface area contributed by atoms with Crippen LogP contribution in [0.15, 0.2) is 48.5 Å². The van der Waals surface area contributed by atoms with Gasteiger partial charge in [-0.2, -0.15) is 0 Å². The molecule has 3 aromatic rings. The smallest absolute Gasteiger partial charge is 0.267 e. The second-order valence-electron chi connectivity index (χ2n) is 9.45. The lowest BCUT2D eigenvalue weighted by Gasteiger charge is -2.33. The zero-order valence-electron chi connectivity index (χ0n) is 22.0. The van der Waals surface area contributed by atoms with Crippen LogP contribution in [-0.4, -0.2) is 42.0 Å². The minimum atomic E-state index is -0.816. The van der Waals surface area contributed by atoms with Crippen molar-refractivity contribution >= 4 is 23.2 Å². The molecule has 1 aliphatic rings. The molecule has 7 nitrogen and oxygen atoms in total. The maximum atomic E-state index is 14.1. The molecule has 37 heavy (non-hydrogen) atoms. The first-order valence-corrected chi connectivity index (χ1v) is 13.5. The van der Waals surface area contributed by atoms with Gasteiger partial charge in [-0.05, 0) is 62.1 Å². The highest BCUT2D eigenvalue weighted by Gasteiger charge is 2.35. The Labute approximate surface area is 222 Å². The highest BCUT2D eigenvalue weighted by atomic mass is 32.1. The molecule has 1 heterocycles. The normalized spacial score (nSPS) is 14.6. The summed E-state index contributed by atoms with van der Waals surface area (Å²) in [6.07, 6.45) is 5.32. The molecule has 0 saturated heterocycles. The largest absolute Gasteiger partial charge is 0.497 e. The number of aryl methyl sites for hydroxylation is 2. The number of hydrogen-bond donors (Lipinski definition) is 1. The summed E-state index contributed by atoms with van der Waals surface area (Å²) in [6, 6.07) is 14.3. The minimum absolute atomic E-state index is 0.118. The Morgan fingerprint density at radius 3 is 2.11 bits per heavy atom. The average Bonchev–Trinajstić information content (AvgIpc) is 3.26. The van der Waals surface area contributed by atoms with Crippen LogP contribution in [0.2, 0.25) is 0 Å². The van der Waals surface area contributed by atoms with Crippen LogP contribution in [0.5, 0.6) is 11.5 Å². The van der Waals surface area contributed by atoms with Gasteiger partial charge in [0, 0.05) is 12.6 Å². The first-order valence-electron chi connectivity index (χ1n) is 12.7. The molecule has 1 N–H and O–H groups in total. The monoisotopic (exact) mass is 521 g/mol. The molecule has 0 aliphatic heterocycles. The summed E-state index contributed by atoms with van der Waals surface area (Å²) in [4.78, 5) is 34.8. The predicted molar refractivity (Wildman–Crippen MR) is 145 cm³/mol. The van der Waals surface area contributed by atoms with Gasteiger partial charge in [-0.1, -0.05) is 43.5 Å². The maximum absolute atomic E-state index is 14.1. The zero-order valence-corrected chi connectivity index (χ0v) is 22.8. The fourth-order valence-corrected chi connectivity index (χ4v) is 5.73. The van der Waals surface area contributed by atoms with Crippen molar-refractivity contribution in [2.75, 3.05) is 14.2 Å². The van der Waals surface area contributed by atoms with Gasteiger partial charge in [0.2, 0.25) is 5.91 Å². The van der Waals surface area contributed by atoms with E-state index in [1.807, 2.05) is 62.4 Å². The third-order valence-corrected chi connectivity index (χ3v) is 7.87. The molecule has 8 heteroatoms. The van der Waals surface area contributed by atoms with Gasteiger partial charge in [-0.3, -0.25) is 9.59 Å². The molecule has 1 saturated carbocycles. The van der Waals surface area contributed by atoms with E-state index in [1.165, 1.54) is 17.8 Å². The zero-order chi connectivity index (χ0) is 26.4. The van der Waals surface area contributed by atoms with Crippen LogP contribution < -0.4 is 14.8 Å². The van der Waals surface area contributed by atoms with Crippen LogP contribution in [0.25, 0.3) is 0 Å². The minimum Gasteiger partial charge on any atom is -0.497 e. The summed E-state index contributed by atoms with van der Waals surface area (Å²) in [5.41, 5.74) is 2.31. The van der Waals surface area contributed by atoms with Crippen LogP contribution >= 0.6 is 11.3 Å². The van der Waals surface area contributed by atoms with E-state index in [0.717, 1.165) is 47.6 Å². The predicted octanol–water partition coefficient (Wildman–Crippen LogP) is 5.61. The molecule has 1 aromatic heterocycles. The summed E-state index contributed by atoms with van der Waals surface area (Å²) in [5, 5.41) is 4.08. The average molecular weight is 522 g/mol. The van der Waals surface area contributed by atoms with Gasteiger partial charge in [0.25, 0.3) is 5.91 Å². The summed E-state index contributed by atoms with van der Waals surface area (Å²) in [5.74, 6) is 1.05. The number of thiazole rings is 1. The topological polar surface area (TPSA) is 80.8 Å². The molecule has 1 atom stereocenters. The fourth-order valence-electron chi connectivity index (χ4n) is 4.85. The number of amides is 2. The van der Waals surface area contributed by atoms with Crippen LogP contribution in [-0.2, 0) is 11.3 Å². The van der Waals surface area contributed by atoms with Gasteiger partial charge in [-0.25, -0.2) is 4.98 Å². The highest BCUT2D eigenvalue weighted by Crippen LogP contribution is 2.31.